The molecule has 5 nitrogen and oxygen atoms in total. The van der Waals surface area contributed by atoms with Gasteiger partial charge < -0.3 is 15.7 Å². The molecule has 2 rings (SSSR count). The Balaban J connectivity index is 1.84. The monoisotopic (exact) mass is 318 g/mol. The molecule has 0 fully saturated rings. The zero-order valence-electron chi connectivity index (χ0n) is 12.0. The molecule has 0 aliphatic heterocycles. The molecule has 0 atom stereocenters. The number of amides is 2. The van der Waals surface area contributed by atoms with Gasteiger partial charge in [-0.3, -0.25) is 9.59 Å². The average Bonchev–Trinajstić information content (AvgIpc) is 3.08. The van der Waals surface area contributed by atoms with E-state index in [2.05, 4.69) is 10.6 Å². The number of nitrogens with one attached hydrogen (secondary N) is 2. The third-order valence-electron chi connectivity index (χ3n) is 3.03. The van der Waals surface area contributed by atoms with E-state index in [1.807, 2.05) is 23.6 Å². The van der Waals surface area contributed by atoms with Gasteiger partial charge in [-0.25, -0.2) is 0 Å². The zero-order chi connectivity index (χ0) is 15.8. The van der Waals surface area contributed by atoms with Crippen molar-refractivity contribution in [2.45, 2.75) is 13.0 Å². The highest BCUT2D eigenvalue weighted by molar-refractivity contribution is 7.12. The molecular formula is C16H18N2O3S. The predicted octanol–water partition coefficient (Wildman–Crippen LogP) is 1.79. The molecule has 0 bridgehead atoms. The van der Waals surface area contributed by atoms with Crippen LogP contribution in [0.2, 0.25) is 0 Å². The van der Waals surface area contributed by atoms with E-state index in [-0.39, 0.29) is 18.4 Å². The molecule has 0 spiro atoms. The molecule has 0 saturated carbocycles. The van der Waals surface area contributed by atoms with Crippen LogP contribution in [0, 0.1) is 0 Å². The summed E-state index contributed by atoms with van der Waals surface area (Å²) in [6.07, 6.45) is 0.540. The molecule has 1 aromatic heterocycles. The highest BCUT2D eigenvalue weighted by atomic mass is 32.1. The van der Waals surface area contributed by atoms with Crippen molar-refractivity contribution in [2.75, 3.05) is 13.2 Å². The maximum absolute atomic E-state index is 11.8. The average molecular weight is 318 g/mol. The van der Waals surface area contributed by atoms with Gasteiger partial charge in [-0.2, -0.15) is 0 Å². The van der Waals surface area contributed by atoms with Crippen LogP contribution in [0.5, 0.6) is 0 Å². The van der Waals surface area contributed by atoms with Crippen LogP contribution in [0.4, 0.5) is 0 Å². The zero-order valence-corrected chi connectivity index (χ0v) is 12.9. The molecule has 116 valence electrons. The van der Waals surface area contributed by atoms with E-state index >= 15 is 0 Å². The van der Waals surface area contributed by atoms with Gasteiger partial charge in [0.25, 0.3) is 11.8 Å². The molecule has 3 N–H and O–H groups in total. The number of benzene rings is 1. The Hall–Kier alpha value is -2.18. The number of hydrogen-bond acceptors (Lipinski definition) is 4. The van der Waals surface area contributed by atoms with Crippen molar-refractivity contribution >= 4 is 23.2 Å². The second kappa shape index (κ2) is 8.31. The van der Waals surface area contributed by atoms with Crippen LogP contribution in [0.25, 0.3) is 0 Å². The third-order valence-corrected chi connectivity index (χ3v) is 3.90. The molecule has 2 amide bonds. The summed E-state index contributed by atoms with van der Waals surface area (Å²) in [5, 5.41) is 16.1. The summed E-state index contributed by atoms with van der Waals surface area (Å²) in [4.78, 5) is 24.3. The molecule has 2 aromatic rings. The van der Waals surface area contributed by atoms with Gasteiger partial charge in [0.05, 0.1) is 4.88 Å². The Morgan fingerprint density at radius 2 is 1.82 bits per heavy atom. The van der Waals surface area contributed by atoms with Crippen molar-refractivity contribution in [1.29, 1.82) is 0 Å². The highest BCUT2D eigenvalue weighted by Crippen LogP contribution is 2.09. The van der Waals surface area contributed by atoms with Crippen molar-refractivity contribution in [1.82, 2.24) is 10.6 Å². The summed E-state index contributed by atoms with van der Waals surface area (Å²) in [7, 11) is 0. The van der Waals surface area contributed by atoms with Gasteiger partial charge in [0.1, 0.15) is 0 Å². The standard InChI is InChI=1S/C16H18N2O3S/c19-9-2-8-17-15(20)13-6-4-12(5-7-13)11-18-16(21)14-3-1-10-22-14/h1,3-7,10,19H,2,8-9,11H2,(H,17,20)(H,18,21). The Morgan fingerprint density at radius 1 is 1.05 bits per heavy atom. The molecule has 0 radical (unpaired) electrons. The van der Waals surface area contributed by atoms with E-state index in [0.29, 0.717) is 30.0 Å². The molecule has 0 aliphatic rings. The number of hydrogen-bond donors (Lipinski definition) is 3. The fraction of sp³-hybridized carbons (Fsp3) is 0.250. The van der Waals surface area contributed by atoms with Gasteiger partial charge in [0.2, 0.25) is 0 Å². The minimum atomic E-state index is -0.164. The van der Waals surface area contributed by atoms with Crippen LogP contribution >= 0.6 is 11.3 Å². The van der Waals surface area contributed by atoms with Gasteiger partial charge in [-0.15, -0.1) is 11.3 Å². The van der Waals surface area contributed by atoms with Crippen LogP contribution in [-0.4, -0.2) is 30.1 Å². The largest absolute Gasteiger partial charge is 0.396 e. The molecule has 1 heterocycles. The van der Waals surface area contributed by atoms with Gasteiger partial charge in [-0.05, 0) is 35.6 Å². The fourth-order valence-electron chi connectivity index (χ4n) is 1.83. The minimum Gasteiger partial charge on any atom is -0.396 e. The summed E-state index contributed by atoms with van der Waals surface area (Å²) in [6.45, 7) is 0.931. The van der Waals surface area contributed by atoms with E-state index in [1.165, 1.54) is 11.3 Å². The fourth-order valence-corrected chi connectivity index (χ4v) is 2.47. The lowest BCUT2D eigenvalue weighted by molar-refractivity contribution is 0.0943. The number of thiophene rings is 1. The lowest BCUT2D eigenvalue weighted by atomic mass is 10.1. The molecule has 0 aliphatic carbocycles. The minimum absolute atomic E-state index is 0.0587. The number of aliphatic hydroxyl groups is 1. The number of rotatable bonds is 7. The number of carbonyl (C=O) groups excluding carboxylic acids is 2. The predicted molar refractivity (Wildman–Crippen MR) is 86.0 cm³/mol. The van der Waals surface area contributed by atoms with Crippen LogP contribution in [0.3, 0.4) is 0 Å². The van der Waals surface area contributed by atoms with E-state index in [0.717, 1.165) is 5.56 Å². The van der Waals surface area contributed by atoms with E-state index < -0.39 is 0 Å². The van der Waals surface area contributed by atoms with Gasteiger partial charge >= 0.3 is 0 Å². The smallest absolute Gasteiger partial charge is 0.261 e. The first-order valence-corrected chi connectivity index (χ1v) is 7.88. The van der Waals surface area contributed by atoms with Crippen molar-refractivity contribution in [3.63, 3.8) is 0 Å². The Kier molecular flexibility index (Phi) is 6.12. The SMILES string of the molecule is O=C(NCCCO)c1ccc(CNC(=O)c2cccs2)cc1. The number of carbonyl (C=O) groups is 2. The Bertz CT molecular complexity index is 609. The Morgan fingerprint density at radius 3 is 2.45 bits per heavy atom. The normalized spacial score (nSPS) is 10.2. The summed E-state index contributed by atoms with van der Waals surface area (Å²) in [5.74, 6) is -0.261. The molecule has 0 saturated heterocycles. The van der Waals surface area contributed by atoms with E-state index in [9.17, 15) is 9.59 Å². The second-order valence-corrected chi connectivity index (χ2v) is 5.64. The Labute approximate surface area is 133 Å². The van der Waals surface area contributed by atoms with Crippen LogP contribution in [-0.2, 0) is 6.54 Å². The van der Waals surface area contributed by atoms with E-state index in [4.69, 9.17) is 5.11 Å². The quantitative estimate of drug-likeness (QED) is 0.681. The molecule has 1 aromatic carbocycles. The van der Waals surface area contributed by atoms with Gasteiger partial charge in [-0.1, -0.05) is 18.2 Å². The first-order valence-electron chi connectivity index (χ1n) is 7.00. The van der Waals surface area contributed by atoms with Crippen LogP contribution in [0.15, 0.2) is 41.8 Å². The topological polar surface area (TPSA) is 78.4 Å². The lowest BCUT2D eigenvalue weighted by Crippen LogP contribution is -2.25. The summed E-state index contributed by atoms with van der Waals surface area (Å²) < 4.78 is 0. The summed E-state index contributed by atoms with van der Waals surface area (Å²) >= 11 is 1.40. The van der Waals surface area contributed by atoms with Crippen molar-refractivity contribution in [3.8, 4) is 0 Å². The van der Waals surface area contributed by atoms with Crippen molar-refractivity contribution in [2.24, 2.45) is 0 Å². The maximum atomic E-state index is 11.8. The highest BCUT2D eigenvalue weighted by Gasteiger charge is 2.07. The molecular weight excluding hydrogens is 300 g/mol. The lowest BCUT2D eigenvalue weighted by Gasteiger charge is -2.06. The van der Waals surface area contributed by atoms with Gasteiger partial charge in [0, 0.05) is 25.3 Å². The van der Waals surface area contributed by atoms with Gasteiger partial charge in [0.15, 0.2) is 0 Å². The first-order chi connectivity index (χ1) is 10.7. The summed E-state index contributed by atoms with van der Waals surface area (Å²) in [6, 6.07) is 10.7. The maximum Gasteiger partial charge on any atom is 0.261 e. The van der Waals surface area contributed by atoms with E-state index in [1.54, 1.807) is 18.2 Å². The number of aliphatic hydroxyl groups excluding tert-OH is 1. The van der Waals surface area contributed by atoms with Crippen LogP contribution < -0.4 is 10.6 Å². The molecule has 22 heavy (non-hydrogen) atoms. The van der Waals surface area contributed by atoms with Crippen LogP contribution in [0.1, 0.15) is 32.0 Å². The third kappa shape index (κ3) is 4.68. The molecule has 0 unspecified atom stereocenters. The van der Waals surface area contributed by atoms with Crippen molar-refractivity contribution < 1.29 is 14.7 Å². The summed E-state index contributed by atoms with van der Waals surface area (Å²) in [5.41, 5.74) is 1.49. The first kappa shape index (κ1) is 16.2. The van der Waals surface area contributed by atoms with Crippen molar-refractivity contribution in [3.05, 3.63) is 57.8 Å². The second-order valence-electron chi connectivity index (χ2n) is 4.69. The molecule has 6 heteroatoms.